The van der Waals surface area contributed by atoms with E-state index in [4.69, 9.17) is 0 Å². The molecule has 0 bridgehead atoms. The Morgan fingerprint density at radius 1 is 1.09 bits per heavy atom. The highest BCUT2D eigenvalue weighted by Crippen LogP contribution is 2.37. The molecule has 2 aromatic heterocycles. The minimum atomic E-state index is -4.41. The molecular weight excluding hydrogens is 305 g/mol. The van der Waals surface area contributed by atoms with Gasteiger partial charge in [0, 0.05) is 17.8 Å². The Hall–Kier alpha value is -2.83. The molecule has 0 atom stereocenters. The van der Waals surface area contributed by atoms with Gasteiger partial charge in [-0.25, -0.2) is 0 Å². The fourth-order valence-electron chi connectivity index (χ4n) is 2.78. The molecule has 0 unspecified atom stereocenters. The van der Waals surface area contributed by atoms with Crippen molar-refractivity contribution in [2.24, 2.45) is 7.05 Å². The minimum Gasteiger partial charge on any atom is -0.278 e. The van der Waals surface area contributed by atoms with E-state index < -0.39 is 11.7 Å². The molecule has 0 saturated carbocycles. The number of H-pyrrole nitrogens is 1. The molecule has 0 fully saturated rings. The van der Waals surface area contributed by atoms with Gasteiger partial charge in [-0.2, -0.15) is 23.4 Å². The first-order valence-corrected chi connectivity index (χ1v) is 6.90. The molecular formula is C16H11F3N4. The number of aromatic nitrogens is 4. The summed E-state index contributed by atoms with van der Waals surface area (Å²) >= 11 is 0. The first kappa shape index (κ1) is 13.8. The van der Waals surface area contributed by atoms with Crippen molar-refractivity contribution in [3.63, 3.8) is 0 Å². The number of alkyl halides is 3. The second-order valence-electron chi connectivity index (χ2n) is 5.39. The van der Waals surface area contributed by atoms with Crippen LogP contribution >= 0.6 is 0 Å². The Kier molecular flexibility index (Phi) is 2.75. The SMILES string of the molecule is Cn1ncc2cc(-c3cc(C(F)(F)F)cc4[nH]ncc34)ccc21. The van der Waals surface area contributed by atoms with Crippen LogP contribution in [0, 0.1) is 0 Å². The van der Waals surface area contributed by atoms with Crippen LogP contribution < -0.4 is 0 Å². The summed E-state index contributed by atoms with van der Waals surface area (Å²) in [7, 11) is 1.82. The van der Waals surface area contributed by atoms with Crippen LogP contribution in [0.3, 0.4) is 0 Å². The first-order valence-electron chi connectivity index (χ1n) is 6.90. The second kappa shape index (κ2) is 4.58. The summed E-state index contributed by atoms with van der Waals surface area (Å²) in [6.45, 7) is 0. The normalized spacial score (nSPS) is 12.3. The van der Waals surface area contributed by atoms with E-state index in [2.05, 4.69) is 15.3 Å². The lowest BCUT2D eigenvalue weighted by Crippen LogP contribution is -2.05. The third kappa shape index (κ3) is 2.16. The molecule has 23 heavy (non-hydrogen) atoms. The summed E-state index contributed by atoms with van der Waals surface area (Å²) in [6, 6.07) is 7.73. The van der Waals surface area contributed by atoms with E-state index in [-0.39, 0.29) is 0 Å². The summed E-state index contributed by atoms with van der Waals surface area (Å²) in [5, 5.41) is 12.2. The highest BCUT2D eigenvalue weighted by atomic mass is 19.4. The van der Waals surface area contributed by atoms with Gasteiger partial charge in [-0.15, -0.1) is 0 Å². The summed E-state index contributed by atoms with van der Waals surface area (Å²) in [5.41, 5.74) is 1.78. The van der Waals surface area contributed by atoms with Crippen LogP contribution in [0.15, 0.2) is 42.7 Å². The molecule has 0 aliphatic rings. The zero-order valence-corrected chi connectivity index (χ0v) is 12.0. The van der Waals surface area contributed by atoms with Crippen LogP contribution in [0.25, 0.3) is 32.9 Å². The maximum Gasteiger partial charge on any atom is 0.416 e. The summed E-state index contributed by atoms with van der Waals surface area (Å²) in [6.07, 6.45) is -1.18. The number of aryl methyl sites for hydroxylation is 1. The summed E-state index contributed by atoms with van der Waals surface area (Å²) in [5.74, 6) is 0. The molecule has 7 heteroatoms. The van der Waals surface area contributed by atoms with Crippen molar-refractivity contribution in [1.29, 1.82) is 0 Å². The molecule has 4 aromatic rings. The number of benzene rings is 2. The largest absolute Gasteiger partial charge is 0.416 e. The highest BCUT2D eigenvalue weighted by Gasteiger charge is 2.31. The van der Waals surface area contributed by atoms with Crippen molar-refractivity contribution in [2.45, 2.75) is 6.18 Å². The third-order valence-electron chi connectivity index (χ3n) is 3.94. The Morgan fingerprint density at radius 3 is 2.70 bits per heavy atom. The number of aromatic amines is 1. The van der Waals surface area contributed by atoms with Gasteiger partial charge in [-0.1, -0.05) is 6.07 Å². The lowest BCUT2D eigenvalue weighted by atomic mass is 9.98. The average molecular weight is 316 g/mol. The Labute approximate surface area is 128 Å². The van der Waals surface area contributed by atoms with Gasteiger partial charge >= 0.3 is 6.18 Å². The highest BCUT2D eigenvalue weighted by molar-refractivity contribution is 5.97. The van der Waals surface area contributed by atoms with Crippen molar-refractivity contribution in [1.82, 2.24) is 20.0 Å². The first-order chi connectivity index (χ1) is 10.9. The zero-order valence-electron chi connectivity index (χ0n) is 12.0. The number of rotatable bonds is 1. The molecule has 4 nitrogen and oxygen atoms in total. The fourth-order valence-corrected chi connectivity index (χ4v) is 2.78. The molecule has 4 rings (SSSR count). The van der Waals surface area contributed by atoms with E-state index in [1.165, 1.54) is 6.20 Å². The predicted octanol–water partition coefficient (Wildman–Crippen LogP) is 4.14. The fraction of sp³-hybridized carbons (Fsp3) is 0.125. The second-order valence-corrected chi connectivity index (χ2v) is 5.39. The Morgan fingerprint density at radius 2 is 1.91 bits per heavy atom. The van der Waals surface area contributed by atoms with Crippen LogP contribution in [0.5, 0.6) is 0 Å². The molecule has 0 aliphatic carbocycles. The van der Waals surface area contributed by atoms with Gasteiger partial charge in [0.25, 0.3) is 0 Å². The number of fused-ring (bicyclic) bond motifs is 2. The van der Waals surface area contributed by atoms with Gasteiger partial charge < -0.3 is 0 Å². The number of nitrogens with zero attached hydrogens (tertiary/aromatic N) is 3. The average Bonchev–Trinajstić information content (AvgIpc) is 3.12. The lowest BCUT2D eigenvalue weighted by Gasteiger charge is -2.11. The molecule has 0 saturated heterocycles. The monoisotopic (exact) mass is 316 g/mol. The molecule has 0 radical (unpaired) electrons. The molecule has 1 N–H and O–H groups in total. The van der Waals surface area contributed by atoms with E-state index >= 15 is 0 Å². The van der Waals surface area contributed by atoms with Crippen LogP contribution in [0.4, 0.5) is 13.2 Å². The van der Waals surface area contributed by atoms with E-state index in [1.54, 1.807) is 16.9 Å². The van der Waals surface area contributed by atoms with Gasteiger partial charge in [0.1, 0.15) is 0 Å². The van der Waals surface area contributed by atoms with Gasteiger partial charge in [-0.3, -0.25) is 9.78 Å². The van der Waals surface area contributed by atoms with Crippen LogP contribution in [-0.4, -0.2) is 20.0 Å². The molecule has 0 aliphatic heterocycles. The molecule has 2 heterocycles. The maximum absolute atomic E-state index is 13.1. The van der Waals surface area contributed by atoms with Crippen molar-refractivity contribution < 1.29 is 13.2 Å². The van der Waals surface area contributed by atoms with Gasteiger partial charge in [0.15, 0.2) is 0 Å². The minimum absolute atomic E-state index is 0.362. The Balaban J connectivity index is 2.00. The number of hydrogen-bond acceptors (Lipinski definition) is 2. The number of halogens is 3. The van der Waals surface area contributed by atoms with E-state index in [9.17, 15) is 13.2 Å². The lowest BCUT2D eigenvalue weighted by molar-refractivity contribution is -0.137. The molecule has 0 spiro atoms. The van der Waals surface area contributed by atoms with Gasteiger partial charge in [-0.05, 0) is 35.4 Å². The van der Waals surface area contributed by atoms with Crippen molar-refractivity contribution >= 4 is 21.8 Å². The summed E-state index contributed by atoms with van der Waals surface area (Å²) < 4.78 is 41.1. The van der Waals surface area contributed by atoms with Crippen molar-refractivity contribution in [3.8, 4) is 11.1 Å². The van der Waals surface area contributed by atoms with Crippen molar-refractivity contribution in [3.05, 3.63) is 48.3 Å². The third-order valence-corrected chi connectivity index (χ3v) is 3.94. The van der Waals surface area contributed by atoms with E-state index in [0.717, 1.165) is 23.0 Å². The van der Waals surface area contributed by atoms with E-state index in [1.807, 2.05) is 19.2 Å². The van der Waals surface area contributed by atoms with Crippen LogP contribution in [0.2, 0.25) is 0 Å². The molecule has 2 aromatic carbocycles. The quantitative estimate of drug-likeness (QED) is 0.574. The van der Waals surface area contributed by atoms with Crippen LogP contribution in [-0.2, 0) is 13.2 Å². The van der Waals surface area contributed by atoms with Gasteiger partial charge in [0.2, 0.25) is 0 Å². The number of nitrogens with one attached hydrogen (secondary N) is 1. The molecule has 0 amide bonds. The topological polar surface area (TPSA) is 46.5 Å². The van der Waals surface area contributed by atoms with Gasteiger partial charge in [0.05, 0.1) is 29.0 Å². The predicted molar refractivity (Wildman–Crippen MR) is 80.8 cm³/mol. The zero-order chi connectivity index (χ0) is 16.2. The van der Waals surface area contributed by atoms with Crippen LogP contribution in [0.1, 0.15) is 5.56 Å². The van der Waals surface area contributed by atoms with Crippen molar-refractivity contribution in [2.75, 3.05) is 0 Å². The standard InChI is InChI=1S/C16H11F3N4/c1-23-15-3-2-9(4-10(15)7-21-23)12-5-11(16(17,18)19)6-14-13(12)8-20-22-14/h2-8H,1H3,(H,20,22). The Bertz CT molecular complexity index is 1030. The summed E-state index contributed by atoms with van der Waals surface area (Å²) in [4.78, 5) is 0. The maximum atomic E-state index is 13.1. The number of hydrogen-bond donors (Lipinski definition) is 1. The molecule has 116 valence electrons. The smallest absolute Gasteiger partial charge is 0.278 e. The van der Waals surface area contributed by atoms with E-state index in [0.29, 0.717) is 22.0 Å².